The van der Waals surface area contributed by atoms with E-state index >= 15 is 0 Å². The largest absolute Gasteiger partial charge is 0.391 e. The summed E-state index contributed by atoms with van der Waals surface area (Å²) in [6.45, 7) is 2.13. The summed E-state index contributed by atoms with van der Waals surface area (Å²) >= 11 is 12.8. The Labute approximate surface area is 148 Å². The van der Waals surface area contributed by atoms with Crippen molar-refractivity contribution in [1.29, 1.82) is 0 Å². The SMILES string of the molecule is C/C(Cl)=C/CN1C(SCC(O)CCl)=NC2C1C(=O)NC(=O)N2C. The molecule has 2 aliphatic rings. The molecule has 0 aliphatic carbocycles. The van der Waals surface area contributed by atoms with Gasteiger partial charge in [0.15, 0.2) is 17.4 Å². The van der Waals surface area contributed by atoms with Gasteiger partial charge in [-0.05, 0) is 6.92 Å². The predicted octanol–water partition coefficient (Wildman–Crippen LogP) is 1.01. The Balaban J connectivity index is 2.23. The van der Waals surface area contributed by atoms with Gasteiger partial charge in [0.1, 0.15) is 0 Å². The van der Waals surface area contributed by atoms with Crippen LogP contribution >= 0.6 is 35.0 Å². The molecule has 0 aromatic carbocycles. The molecular formula is C13H18Cl2N4O3S. The molecule has 0 aromatic heterocycles. The number of carbonyl (C=O) groups excluding carboxylic acids is 2. The van der Waals surface area contributed by atoms with Crippen LogP contribution in [-0.4, -0.2) is 75.5 Å². The molecule has 3 amide bonds. The first kappa shape index (κ1) is 18.4. The zero-order chi connectivity index (χ0) is 17.1. The Morgan fingerprint density at radius 1 is 1.57 bits per heavy atom. The molecule has 0 saturated carbocycles. The third kappa shape index (κ3) is 4.12. The van der Waals surface area contributed by atoms with Gasteiger partial charge in [-0.3, -0.25) is 10.1 Å². The lowest BCUT2D eigenvalue weighted by Gasteiger charge is -2.35. The lowest BCUT2D eigenvalue weighted by Crippen LogP contribution is -2.63. The van der Waals surface area contributed by atoms with Crippen LogP contribution in [0.15, 0.2) is 16.1 Å². The molecule has 0 radical (unpaired) electrons. The first-order valence-corrected chi connectivity index (χ1v) is 8.86. The van der Waals surface area contributed by atoms with Crippen LogP contribution in [0.2, 0.25) is 0 Å². The Morgan fingerprint density at radius 2 is 2.26 bits per heavy atom. The zero-order valence-electron chi connectivity index (χ0n) is 12.7. The summed E-state index contributed by atoms with van der Waals surface area (Å²) in [5.74, 6) is 0.0735. The molecule has 1 fully saturated rings. The Morgan fingerprint density at radius 3 is 2.87 bits per heavy atom. The fourth-order valence-electron chi connectivity index (χ4n) is 2.25. The maximum absolute atomic E-state index is 12.2. The molecule has 2 heterocycles. The third-order valence-electron chi connectivity index (χ3n) is 3.47. The van der Waals surface area contributed by atoms with Gasteiger partial charge >= 0.3 is 6.03 Å². The topological polar surface area (TPSA) is 85.2 Å². The van der Waals surface area contributed by atoms with Gasteiger partial charge in [-0.2, -0.15) is 0 Å². The fraction of sp³-hybridized carbons (Fsp3) is 0.615. The van der Waals surface area contributed by atoms with Crippen LogP contribution < -0.4 is 5.32 Å². The maximum atomic E-state index is 12.2. The van der Waals surface area contributed by atoms with E-state index in [4.69, 9.17) is 23.2 Å². The normalized spacial score (nSPS) is 26.1. The summed E-state index contributed by atoms with van der Waals surface area (Å²) in [6, 6.07) is -1.09. The number of nitrogens with one attached hydrogen (secondary N) is 1. The molecule has 10 heteroatoms. The van der Waals surface area contributed by atoms with Crippen molar-refractivity contribution in [3.05, 3.63) is 11.1 Å². The highest BCUT2D eigenvalue weighted by Gasteiger charge is 2.48. The Kier molecular flexibility index (Phi) is 6.19. The van der Waals surface area contributed by atoms with E-state index in [1.807, 2.05) is 0 Å². The smallest absolute Gasteiger partial charge is 0.325 e. The van der Waals surface area contributed by atoms with Gasteiger partial charge in [0.2, 0.25) is 0 Å². The molecule has 3 unspecified atom stereocenters. The van der Waals surface area contributed by atoms with Crippen LogP contribution in [0.3, 0.4) is 0 Å². The number of allylic oxidation sites excluding steroid dienone is 1. The average molecular weight is 381 g/mol. The Bertz CT molecular complexity index is 553. The second kappa shape index (κ2) is 7.74. The number of carbonyl (C=O) groups is 2. The molecule has 0 aromatic rings. The molecule has 1 saturated heterocycles. The molecule has 7 nitrogen and oxygen atoms in total. The molecule has 2 N–H and O–H groups in total. The van der Waals surface area contributed by atoms with Crippen LogP contribution in [0, 0.1) is 0 Å². The minimum absolute atomic E-state index is 0.118. The third-order valence-corrected chi connectivity index (χ3v) is 5.13. The lowest BCUT2D eigenvalue weighted by atomic mass is 10.1. The van der Waals surface area contributed by atoms with Gasteiger partial charge in [-0.25, -0.2) is 9.79 Å². The van der Waals surface area contributed by atoms with Crippen LogP contribution in [0.1, 0.15) is 6.92 Å². The number of aliphatic imine (C=N–C) groups is 1. The standard InChI is InChI=1S/C13H18Cl2N4O3S/c1-7(15)3-4-19-9-10(18(2)12(22)17-11(9)21)16-13(19)23-6-8(20)5-14/h3,8-10,20H,4-6H2,1-2H3,(H,17,21,22)/b7-3-. The van der Waals surface area contributed by atoms with E-state index in [-0.39, 0.29) is 5.88 Å². The van der Waals surface area contributed by atoms with E-state index in [0.29, 0.717) is 22.5 Å². The maximum Gasteiger partial charge on any atom is 0.325 e. The van der Waals surface area contributed by atoms with Crippen molar-refractivity contribution >= 4 is 52.1 Å². The Hall–Kier alpha value is -0.960. The number of fused-ring (bicyclic) bond motifs is 1. The van der Waals surface area contributed by atoms with Crippen LogP contribution in [0.5, 0.6) is 0 Å². The predicted molar refractivity (Wildman–Crippen MR) is 91.8 cm³/mol. The van der Waals surface area contributed by atoms with E-state index in [2.05, 4.69) is 10.3 Å². The summed E-state index contributed by atoms with van der Waals surface area (Å²) in [7, 11) is 1.59. The number of halogens is 2. The summed E-state index contributed by atoms with van der Waals surface area (Å²) < 4.78 is 0. The van der Waals surface area contributed by atoms with Crippen molar-refractivity contribution in [3.63, 3.8) is 0 Å². The molecular weight excluding hydrogens is 363 g/mol. The average Bonchev–Trinajstić information content (AvgIpc) is 2.87. The number of imide groups is 1. The minimum atomic E-state index is -0.674. The number of thioether (sulfide) groups is 1. The number of urea groups is 1. The van der Waals surface area contributed by atoms with Crippen molar-refractivity contribution in [2.24, 2.45) is 4.99 Å². The van der Waals surface area contributed by atoms with Crippen molar-refractivity contribution in [3.8, 4) is 0 Å². The van der Waals surface area contributed by atoms with Crippen molar-refractivity contribution < 1.29 is 14.7 Å². The number of amidine groups is 1. The summed E-state index contributed by atoms with van der Waals surface area (Å²) in [5.41, 5.74) is 0. The number of likely N-dealkylation sites (N-methyl/N-ethyl adjacent to an activating group) is 1. The monoisotopic (exact) mass is 380 g/mol. The lowest BCUT2D eigenvalue weighted by molar-refractivity contribution is -0.126. The summed E-state index contributed by atoms with van der Waals surface area (Å²) in [6.07, 6.45) is 0.505. The highest BCUT2D eigenvalue weighted by molar-refractivity contribution is 8.13. The highest BCUT2D eigenvalue weighted by Crippen LogP contribution is 2.28. The van der Waals surface area contributed by atoms with Crippen molar-refractivity contribution in [1.82, 2.24) is 15.1 Å². The zero-order valence-corrected chi connectivity index (χ0v) is 15.0. The number of rotatable bonds is 5. The molecule has 0 bridgehead atoms. The summed E-state index contributed by atoms with van der Waals surface area (Å²) in [4.78, 5) is 31.6. The summed E-state index contributed by atoms with van der Waals surface area (Å²) in [5, 5.41) is 13.1. The molecule has 2 rings (SSSR count). The number of amides is 3. The molecule has 3 atom stereocenters. The van der Waals surface area contributed by atoms with Gasteiger partial charge in [0.25, 0.3) is 5.91 Å². The van der Waals surface area contributed by atoms with Crippen LogP contribution in [0.4, 0.5) is 4.79 Å². The first-order chi connectivity index (χ1) is 10.8. The number of hydrogen-bond acceptors (Lipinski definition) is 6. The second-order valence-corrected chi connectivity index (χ2v) is 7.13. The molecule has 0 spiro atoms. The van der Waals surface area contributed by atoms with Gasteiger partial charge in [-0.1, -0.05) is 29.4 Å². The van der Waals surface area contributed by atoms with E-state index in [9.17, 15) is 14.7 Å². The molecule has 23 heavy (non-hydrogen) atoms. The second-order valence-electron chi connectivity index (χ2n) is 5.24. The number of alkyl halides is 1. The van der Waals surface area contributed by atoms with E-state index in [0.717, 1.165) is 0 Å². The highest BCUT2D eigenvalue weighted by atomic mass is 35.5. The number of aliphatic hydroxyl groups excluding tert-OH is 1. The van der Waals surface area contributed by atoms with Gasteiger partial charge < -0.3 is 14.9 Å². The first-order valence-electron chi connectivity index (χ1n) is 6.96. The fourth-order valence-corrected chi connectivity index (χ4v) is 3.56. The number of hydrogen-bond donors (Lipinski definition) is 2. The minimum Gasteiger partial charge on any atom is -0.391 e. The van der Waals surface area contributed by atoms with E-state index in [1.54, 1.807) is 24.9 Å². The van der Waals surface area contributed by atoms with Gasteiger partial charge in [-0.15, -0.1) is 11.6 Å². The quantitative estimate of drug-likeness (QED) is 0.695. The number of aliphatic hydroxyl groups is 1. The molecule has 2 aliphatic heterocycles. The van der Waals surface area contributed by atoms with Gasteiger partial charge in [0, 0.05) is 30.3 Å². The van der Waals surface area contributed by atoms with E-state index < -0.39 is 30.2 Å². The van der Waals surface area contributed by atoms with Gasteiger partial charge in [0.05, 0.1) is 6.10 Å². The van der Waals surface area contributed by atoms with E-state index in [1.165, 1.54) is 16.7 Å². The van der Waals surface area contributed by atoms with Crippen molar-refractivity contribution in [2.45, 2.75) is 25.2 Å². The van der Waals surface area contributed by atoms with Crippen molar-refractivity contribution in [2.75, 3.05) is 25.2 Å². The number of nitrogens with zero attached hydrogens (tertiary/aromatic N) is 3. The molecule has 128 valence electrons. The van der Waals surface area contributed by atoms with Crippen LogP contribution in [-0.2, 0) is 4.79 Å². The van der Waals surface area contributed by atoms with Crippen LogP contribution in [0.25, 0.3) is 0 Å².